The number of aromatic nitrogens is 2. The topological polar surface area (TPSA) is 117 Å². The number of hydrogen-bond acceptors (Lipinski definition) is 5. The van der Waals surface area contributed by atoms with Gasteiger partial charge in [0, 0.05) is 13.0 Å². The summed E-state index contributed by atoms with van der Waals surface area (Å²) in [6.07, 6.45) is 10.2. The van der Waals surface area contributed by atoms with Crippen LogP contribution in [-0.2, 0) is 11.3 Å². The number of rotatable bonds is 8. The van der Waals surface area contributed by atoms with E-state index in [2.05, 4.69) is 21.6 Å². The van der Waals surface area contributed by atoms with E-state index in [1.54, 1.807) is 0 Å². The largest absolute Gasteiger partial charge is 0.494 e. The number of amides is 1. The average molecular weight is 362 g/mol. The lowest BCUT2D eigenvalue weighted by atomic mass is 9.97. The van der Waals surface area contributed by atoms with Gasteiger partial charge in [-0.05, 0) is 38.5 Å². The normalized spacial score (nSPS) is 14.4. The summed E-state index contributed by atoms with van der Waals surface area (Å²) in [6.45, 7) is 2.25. The third-order valence-corrected chi connectivity index (χ3v) is 4.39. The molecule has 2 rings (SSSR count). The molecule has 1 aliphatic rings. The Balaban J connectivity index is 2.11. The van der Waals surface area contributed by atoms with E-state index >= 15 is 0 Å². The third-order valence-electron chi connectivity index (χ3n) is 4.39. The summed E-state index contributed by atoms with van der Waals surface area (Å²) in [6, 6.07) is 0. The van der Waals surface area contributed by atoms with Crippen molar-refractivity contribution in [2.45, 2.75) is 64.8 Å². The molecule has 142 valence electrons. The van der Waals surface area contributed by atoms with Gasteiger partial charge in [0.05, 0.1) is 6.21 Å². The second-order valence-corrected chi connectivity index (χ2v) is 6.40. The number of nitrogens with one attached hydrogen (secondary N) is 2. The first-order valence-corrected chi connectivity index (χ1v) is 9.08. The zero-order valence-corrected chi connectivity index (χ0v) is 15.1. The minimum absolute atomic E-state index is 0.155. The van der Waals surface area contributed by atoms with Gasteiger partial charge in [-0.2, -0.15) is 5.10 Å². The van der Waals surface area contributed by atoms with Gasteiger partial charge in [0.1, 0.15) is 5.56 Å². The van der Waals surface area contributed by atoms with E-state index < -0.39 is 17.1 Å². The third kappa shape index (κ3) is 5.44. The van der Waals surface area contributed by atoms with Gasteiger partial charge in [-0.15, -0.1) is 0 Å². The maximum Gasteiger partial charge on any atom is 0.331 e. The molecule has 3 N–H and O–H groups in total. The lowest BCUT2D eigenvalue weighted by molar-refractivity contribution is -0.121. The van der Waals surface area contributed by atoms with Crippen LogP contribution in [0, 0.1) is 0 Å². The van der Waals surface area contributed by atoms with Crippen LogP contribution < -0.4 is 16.7 Å². The summed E-state index contributed by atoms with van der Waals surface area (Å²) in [5.74, 6) is -0.710. The van der Waals surface area contributed by atoms with E-state index in [1.165, 1.54) is 12.0 Å². The Morgan fingerprint density at radius 2 is 2.23 bits per heavy atom. The molecule has 1 amide bonds. The maximum absolute atomic E-state index is 12.0. The zero-order valence-electron chi connectivity index (χ0n) is 15.1. The van der Waals surface area contributed by atoms with E-state index in [0.717, 1.165) is 42.9 Å². The molecular formula is C18H26N4O4. The second-order valence-electron chi connectivity index (χ2n) is 6.40. The Morgan fingerprint density at radius 1 is 1.42 bits per heavy atom. The molecule has 0 aliphatic heterocycles. The highest BCUT2D eigenvalue weighted by Gasteiger charge is 2.13. The second kappa shape index (κ2) is 9.74. The van der Waals surface area contributed by atoms with Gasteiger partial charge in [-0.25, -0.2) is 10.2 Å². The SMILES string of the molecule is CCCCC(=O)N/N=C/c1c(O)n(CCC2=CCCCC2)c(=O)[nH]c1=O. The number of carbonyl (C=O) groups is 1. The van der Waals surface area contributed by atoms with E-state index in [4.69, 9.17) is 0 Å². The van der Waals surface area contributed by atoms with Crippen molar-refractivity contribution in [1.29, 1.82) is 0 Å². The molecule has 0 atom stereocenters. The van der Waals surface area contributed by atoms with Crippen LogP contribution in [0.25, 0.3) is 0 Å². The van der Waals surface area contributed by atoms with Crippen LogP contribution >= 0.6 is 0 Å². The molecule has 1 heterocycles. The molecule has 26 heavy (non-hydrogen) atoms. The first kappa shape index (κ1) is 19.7. The highest BCUT2D eigenvalue weighted by molar-refractivity contribution is 5.83. The van der Waals surface area contributed by atoms with E-state index in [0.29, 0.717) is 12.8 Å². The summed E-state index contributed by atoms with van der Waals surface area (Å²) in [5.41, 5.74) is 2.01. The maximum atomic E-state index is 12.0. The van der Waals surface area contributed by atoms with Crippen LogP contribution in [0.1, 0.15) is 63.9 Å². The van der Waals surface area contributed by atoms with Gasteiger partial charge in [0.25, 0.3) is 5.56 Å². The Bertz CT molecular complexity index is 804. The number of hydrazone groups is 1. The van der Waals surface area contributed by atoms with Gasteiger partial charge in [-0.1, -0.05) is 25.0 Å². The summed E-state index contributed by atoms with van der Waals surface area (Å²) < 4.78 is 1.12. The fourth-order valence-corrected chi connectivity index (χ4v) is 2.85. The van der Waals surface area contributed by atoms with Crippen molar-refractivity contribution in [1.82, 2.24) is 15.0 Å². The molecule has 1 aromatic heterocycles. The van der Waals surface area contributed by atoms with Crippen LogP contribution in [0.3, 0.4) is 0 Å². The Hall–Kier alpha value is -2.64. The number of H-pyrrole nitrogens is 1. The van der Waals surface area contributed by atoms with Crippen LogP contribution in [0.5, 0.6) is 5.88 Å². The Kier molecular flexibility index (Phi) is 7.37. The Morgan fingerprint density at radius 3 is 2.92 bits per heavy atom. The average Bonchev–Trinajstić information content (AvgIpc) is 2.63. The highest BCUT2D eigenvalue weighted by Crippen LogP contribution is 2.21. The number of carbonyl (C=O) groups excluding carboxylic acids is 1. The molecular weight excluding hydrogens is 336 g/mol. The van der Waals surface area contributed by atoms with Crippen LogP contribution in [-0.4, -0.2) is 26.8 Å². The molecule has 8 heteroatoms. The smallest absolute Gasteiger partial charge is 0.331 e. The van der Waals surface area contributed by atoms with E-state index in [1.807, 2.05) is 6.92 Å². The molecule has 0 bridgehead atoms. The number of hydrogen-bond donors (Lipinski definition) is 3. The van der Waals surface area contributed by atoms with Crippen molar-refractivity contribution in [3.05, 3.63) is 38.1 Å². The number of aromatic amines is 1. The van der Waals surface area contributed by atoms with Crippen molar-refractivity contribution in [3.63, 3.8) is 0 Å². The predicted molar refractivity (Wildman–Crippen MR) is 99.4 cm³/mol. The predicted octanol–water partition coefficient (Wildman–Crippen LogP) is 1.77. The lowest BCUT2D eigenvalue weighted by Gasteiger charge is -2.14. The number of nitrogens with zero attached hydrogens (tertiary/aromatic N) is 2. The standard InChI is InChI=1S/C18H26N4O4/c1-2-3-9-15(23)21-19-12-14-16(24)20-18(26)22(17(14)25)11-10-13-7-5-4-6-8-13/h7,12,25H,2-6,8-11H2,1H3,(H,21,23)(H,20,24,26)/b19-12+. The summed E-state index contributed by atoms with van der Waals surface area (Å²) in [7, 11) is 0. The van der Waals surface area contributed by atoms with Gasteiger partial charge in [0.15, 0.2) is 0 Å². The molecule has 1 aliphatic carbocycles. The van der Waals surface area contributed by atoms with Gasteiger partial charge in [0.2, 0.25) is 11.8 Å². The molecule has 0 fully saturated rings. The Labute approximate surface area is 151 Å². The zero-order chi connectivity index (χ0) is 18.9. The minimum Gasteiger partial charge on any atom is -0.494 e. The quantitative estimate of drug-likeness (QED) is 0.371. The van der Waals surface area contributed by atoms with Crippen LogP contribution in [0.2, 0.25) is 0 Å². The fourth-order valence-electron chi connectivity index (χ4n) is 2.85. The molecule has 8 nitrogen and oxygen atoms in total. The molecule has 0 unspecified atom stereocenters. The van der Waals surface area contributed by atoms with Gasteiger partial charge >= 0.3 is 5.69 Å². The lowest BCUT2D eigenvalue weighted by Crippen LogP contribution is -2.32. The van der Waals surface area contributed by atoms with Crippen molar-refractivity contribution in [2.75, 3.05) is 0 Å². The molecule has 0 aromatic carbocycles. The number of aromatic hydroxyl groups is 1. The van der Waals surface area contributed by atoms with E-state index in [9.17, 15) is 19.5 Å². The number of unbranched alkanes of at least 4 members (excludes halogenated alkanes) is 1. The van der Waals surface area contributed by atoms with Crippen LogP contribution in [0.15, 0.2) is 26.3 Å². The summed E-state index contributed by atoms with van der Waals surface area (Å²) in [4.78, 5) is 37.6. The van der Waals surface area contributed by atoms with Crippen molar-refractivity contribution in [3.8, 4) is 5.88 Å². The van der Waals surface area contributed by atoms with Crippen molar-refractivity contribution < 1.29 is 9.90 Å². The molecule has 0 saturated carbocycles. The monoisotopic (exact) mass is 362 g/mol. The molecule has 1 aromatic rings. The molecule has 0 saturated heterocycles. The molecule has 0 spiro atoms. The highest BCUT2D eigenvalue weighted by atomic mass is 16.3. The molecule has 0 radical (unpaired) electrons. The number of allylic oxidation sites excluding steroid dienone is 2. The van der Waals surface area contributed by atoms with E-state index in [-0.39, 0.29) is 18.0 Å². The van der Waals surface area contributed by atoms with Gasteiger partial charge < -0.3 is 5.11 Å². The summed E-state index contributed by atoms with van der Waals surface area (Å²) in [5, 5.41) is 14.0. The van der Waals surface area contributed by atoms with Crippen molar-refractivity contribution in [2.24, 2.45) is 5.10 Å². The first-order chi connectivity index (χ1) is 12.5. The fraction of sp³-hybridized carbons (Fsp3) is 0.556. The minimum atomic E-state index is -0.743. The van der Waals surface area contributed by atoms with Crippen LogP contribution in [0.4, 0.5) is 0 Å². The first-order valence-electron chi connectivity index (χ1n) is 9.08. The van der Waals surface area contributed by atoms with Gasteiger partial charge in [-0.3, -0.25) is 19.1 Å². The van der Waals surface area contributed by atoms with Crippen molar-refractivity contribution >= 4 is 12.1 Å². The summed E-state index contributed by atoms with van der Waals surface area (Å²) >= 11 is 0.